The average molecular weight is 377 g/mol. The van der Waals surface area contributed by atoms with Gasteiger partial charge >= 0.3 is 6.03 Å². The molecule has 1 heterocycles. The second-order valence-electron chi connectivity index (χ2n) is 9.36. The van der Waals surface area contributed by atoms with Gasteiger partial charge in [-0.25, -0.2) is 4.79 Å². The van der Waals surface area contributed by atoms with Crippen molar-refractivity contribution in [3.05, 3.63) is 0 Å². The van der Waals surface area contributed by atoms with Gasteiger partial charge in [0.05, 0.1) is 6.04 Å². The normalized spacial score (nSPS) is 36.4. The number of amides is 4. The fraction of sp³-hybridized carbons (Fsp3) is 0.850. The van der Waals surface area contributed by atoms with Gasteiger partial charge in [0.2, 0.25) is 11.8 Å². The van der Waals surface area contributed by atoms with Gasteiger partial charge in [0.25, 0.3) is 0 Å². The fourth-order valence-electron chi connectivity index (χ4n) is 6.34. The zero-order chi connectivity index (χ0) is 19.2. The average Bonchev–Trinajstić information content (AvgIpc) is 2.59. The van der Waals surface area contributed by atoms with E-state index in [-0.39, 0.29) is 29.4 Å². The third kappa shape index (κ3) is 3.84. The highest BCUT2D eigenvalue weighted by atomic mass is 16.2. The van der Waals surface area contributed by atoms with Crippen LogP contribution in [0.15, 0.2) is 0 Å². The van der Waals surface area contributed by atoms with Gasteiger partial charge in [-0.1, -0.05) is 0 Å². The van der Waals surface area contributed by atoms with E-state index in [1.807, 2.05) is 11.8 Å². The highest BCUT2D eigenvalue weighted by Gasteiger charge is 2.51. The smallest absolute Gasteiger partial charge is 0.321 e. The summed E-state index contributed by atoms with van der Waals surface area (Å²) in [5.74, 6) is 2.08. The summed E-state index contributed by atoms with van der Waals surface area (Å²) in [7, 11) is 0. The van der Waals surface area contributed by atoms with Crippen LogP contribution in [-0.4, -0.2) is 65.4 Å². The van der Waals surface area contributed by atoms with Gasteiger partial charge in [-0.15, -0.1) is 0 Å². The molecule has 5 aliphatic rings. The van der Waals surface area contributed by atoms with E-state index in [0.29, 0.717) is 26.2 Å². The minimum Gasteiger partial charge on any atom is -0.340 e. The van der Waals surface area contributed by atoms with Crippen molar-refractivity contribution in [2.75, 3.05) is 26.2 Å². The van der Waals surface area contributed by atoms with E-state index in [2.05, 4.69) is 10.6 Å². The van der Waals surface area contributed by atoms with Crippen molar-refractivity contribution in [3.63, 3.8) is 0 Å². The van der Waals surface area contributed by atoms with E-state index in [4.69, 9.17) is 0 Å². The standard InChI is InChI=1S/C20H32N4O3/c1-13(23-3-5-24(6-4-23)14(2)25)18(26)21-19(27)22-20-10-15-7-16(11-20)9-17(8-15)12-20/h13,15-17H,3-12H2,1-2H3,(H2,21,22,26,27). The van der Waals surface area contributed by atoms with Crippen LogP contribution in [0.25, 0.3) is 0 Å². The SMILES string of the molecule is CC(=O)N1CCN(C(C)C(=O)NC(=O)NC23CC4CC(CC(C4)C2)C3)CC1. The molecule has 4 aliphatic carbocycles. The first-order valence-electron chi connectivity index (χ1n) is 10.5. The number of hydrogen-bond acceptors (Lipinski definition) is 4. The summed E-state index contributed by atoms with van der Waals surface area (Å²) in [6, 6.07) is -0.711. The minimum absolute atomic E-state index is 0.0710. The summed E-state index contributed by atoms with van der Waals surface area (Å²) < 4.78 is 0. The van der Waals surface area contributed by atoms with Crippen LogP contribution in [0.5, 0.6) is 0 Å². The van der Waals surface area contributed by atoms with Crippen molar-refractivity contribution >= 4 is 17.8 Å². The summed E-state index contributed by atoms with van der Waals surface area (Å²) in [6.45, 7) is 5.98. The van der Waals surface area contributed by atoms with Crippen LogP contribution < -0.4 is 10.6 Å². The van der Waals surface area contributed by atoms with Gasteiger partial charge < -0.3 is 10.2 Å². The van der Waals surface area contributed by atoms with Crippen LogP contribution in [0, 0.1) is 17.8 Å². The molecule has 27 heavy (non-hydrogen) atoms. The van der Waals surface area contributed by atoms with E-state index in [9.17, 15) is 14.4 Å². The summed E-state index contributed by atoms with van der Waals surface area (Å²) >= 11 is 0. The molecule has 0 aromatic rings. The molecule has 2 N–H and O–H groups in total. The summed E-state index contributed by atoms with van der Waals surface area (Å²) in [4.78, 5) is 40.4. The Hall–Kier alpha value is -1.63. The van der Waals surface area contributed by atoms with E-state index < -0.39 is 0 Å². The van der Waals surface area contributed by atoms with Crippen molar-refractivity contribution in [2.45, 2.75) is 64.0 Å². The van der Waals surface area contributed by atoms with Crippen molar-refractivity contribution in [2.24, 2.45) is 17.8 Å². The highest BCUT2D eigenvalue weighted by molar-refractivity contribution is 5.97. The number of urea groups is 1. The quantitative estimate of drug-likeness (QED) is 0.779. The maximum absolute atomic E-state index is 12.6. The Morgan fingerprint density at radius 2 is 1.44 bits per heavy atom. The summed E-state index contributed by atoms with van der Waals surface area (Å²) in [5, 5.41) is 5.77. The van der Waals surface area contributed by atoms with Crippen LogP contribution in [0.2, 0.25) is 0 Å². The van der Waals surface area contributed by atoms with Crippen LogP contribution in [0.4, 0.5) is 4.79 Å². The van der Waals surface area contributed by atoms with Crippen molar-refractivity contribution in [1.82, 2.24) is 20.4 Å². The predicted octanol–water partition coefficient (Wildman–Crippen LogP) is 1.33. The number of nitrogens with zero attached hydrogens (tertiary/aromatic N) is 2. The lowest BCUT2D eigenvalue weighted by Gasteiger charge is -2.56. The number of carbonyl (C=O) groups excluding carboxylic acids is 3. The van der Waals surface area contributed by atoms with Crippen LogP contribution in [0.3, 0.4) is 0 Å². The van der Waals surface area contributed by atoms with E-state index in [1.54, 1.807) is 11.8 Å². The number of hydrogen-bond donors (Lipinski definition) is 2. The molecule has 150 valence electrons. The van der Waals surface area contributed by atoms with Crippen LogP contribution >= 0.6 is 0 Å². The summed E-state index contributed by atoms with van der Waals surface area (Å²) in [6.07, 6.45) is 7.19. The first kappa shape index (κ1) is 18.7. The molecule has 0 spiro atoms. The molecular formula is C20H32N4O3. The minimum atomic E-state index is -0.374. The zero-order valence-electron chi connectivity index (χ0n) is 16.5. The number of imide groups is 1. The lowest BCUT2D eigenvalue weighted by Crippen LogP contribution is -2.63. The second-order valence-corrected chi connectivity index (χ2v) is 9.36. The molecule has 1 saturated heterocycles. The lowest BCUT2D eigenvalue weighted by atomic mass is 9.53. The Bertz CT molecular complexity index is 591. The van der Waals surface area contributed by atoms with Gasteiger partial charge in [0, 0.05) is 38.6 Å². The monoisotopic (exact) mass is 376 g/mol. The molecule has 7 heteroatoms. The molecular weight excluding hydrogens is 344 g/mol. The summed E-state index contributed by atoms with van der Waals surface area (Å²) in [5.41, 5.74) is -0.0878. The Morgan fingerprint density at radius 1 is 0.926 bits per heavy atom. The van der Waals surface area contributed by atoms with E-state index >= 15 is 0 Å². The molecule has 1 aliphatic heterocycles. The maximum atomic E-state index is 12.6. The van der Waals surface area contributed by atoms with Crippen molar-refractivity contribution in [1.29, 1.82) is 0 Å². The molecule has 0 aromatic heterocycles. The first-order valence-corrected chi connectivity index (χ1v) is 10.5. The van der Waals surface area contributed by atoms with E-state index in [0.717, 1.165) is 37.0 Å². The molecule has 4 amide bonds. The van der Waals surface area contributed by atoms with Gasteiger partial charge in [-0.2, -0.15) is 0 Å². The lowest BCUT2D eigenvalue weighted by molar-refractivity contribution is -0.132. The highest BCUT2D eigenvalue weighted by Crippen LogP contribution is 2.55. The van der Waals surface area contributed by atoms with E-state index in [1.165, 1.54) is 19.3 Å². The molecule has 5 fully saturated rings. The first-order chi connectivity index (χ1) is 12.8. The molecule has 0 radical (unpaired) electrons. The van der Waals surface area contributed by atoms with Gasteiger partial charge in [0.15, 0.2) is 0 Å². The zero-order valence-corrected chi connectivity index (χ0v) is 16.5. The third-order valence-corrected chi connectivity index (χ3v) is 7.34. The maximum Gasteiger partial charge on any atom is 0.321 e. The van der Waals surface area contributed by atoms with Crippen molar-refractivity contribution in [3.8, 4) is 0 Å². The Morgan fingerprint density at radius 3 is 1.93 bits per heavy atom. The van der Waals surface area contributed by atoms with Gasteiger partial charge in [0.1, 0.15) is 0 Å². The van der Waals surface area contributed by atoms with Crippen LogP contribution in [0.1, 0.15) is 52.4 Å². The van der Waals surface area contributed by atoms with Crippen LogP contribution in [-0.2, 0) is 9.59 Å². The Balaban J connectivity index is 1.28. The second kappa shape index (κ2) is 7.08. The third-order valence-electron chi connectivity index (χ3n) is 7.34. The van der Waals surface area contributed by atoms with Gasteiger partial charge in [-0.05, 0) is 63.2 Å². The largest absolute Gasteiger partial charge is 0.340 e. The molecule has 1 atom stereocenters. The Kier molecular flexibility index (Phi) is 4.91. The van der Waals surface area contributed by atoms with Gasteiger partial charge in [-0.3, -0.25) is 19.8 Å². The number of nitrogens with one attached hydrogen (secondary N) is 2. The molecule has 7 nitrogen and oxygen atoms in total. The molecule has 4 saturated carbocycles. The van der Waals surface area contributed by atoms with Crippen molar-refractivity contribution < 1.29 is 14.4 Å². The number of rotatable bonds is 3. The number of piperazine rings is 1. The molecule has 0 aromatic carbocycles. The molecule has 5 rings (SSSR count). The fourth-order valence-corrected chi connectivity index (χ4v) is 6.34. The molecule has 4 bridgehead atoms. The number of carbonyl (C=O) groups is 3. The Labute approximate surface area is 161 Å². The predicted molar refractivity (Wildman–Crippen MR) is 101 cm³/mol. The molecule has 1 unspecified atom stereocenters. The topological polar surface area (TPSA) is 81.8 Å².